The zero-order chi connectivity index (χ0) is 8.81. The number of ketones is 1. The van der Waals surface area contributed by atoms with Crippen LogP contribution >= 0.6 is 0 Å². The molecule has 0 radical (unpaired) electrons. The summed E-state index contributed by atoms with van der Waals surface area (Å²) in [6, 6.07) is 0. The van der Waals surface area contributed by atoms with Crippen molar-refractivity contribution < 1.29 is 4.79 Å². The molecule has 0 unspecified atom stereocenters. The molecule has 0 saturated carbocycles. The topological polar surface area (TPSA) is 17.1 Å². The van der Waals surface area contributed by atoms with E-state index in [1.54, 1.807) is 0 Å². The van der Waals surface area contributed by atoms with Crippen molar-refractivity contribution in [1.82, 2.24) is 0 Å². The van der Waals surface area contributed by atoms with Gasteiger partial charge in [-0.05, 0) is 25.2 Å². The van der Waals surface area contributed by atoms with E-state index in [0.717, 1.165) is 6.42 Å². The lowest BCUT2D eigenvalue weighted by Crippen LogP contribution is -2.04. The Morgan fingerprint density at radius 3 is 3.08 bits per heavy atom. The third-order valence-corrected chi connectivity index (χ3v) is 2.49. The summed E-state index contributed by atoms with van der Waals surface area (Å²) in [5.41, 5.74) is 0. The molecule has 0 aromatic rings. The highest BCUT2D eigenvalue weighted by Crippen LogP contribution is 2.20. The van der Waals surface area contributed by atoms with Crippen molar-refractivity contribution >= 4 is 5.78 Å². The fourth-order valence-corrected chi connectivity index (χ4v) is 1.66. The van der Waals surface area contributed by atoms with Crippen LogP contribution in [0.3, 0.4) is 0 Å². The molecule has 0 aromatic heterocycles. The zero-order valence-electron chi connectivity index (χ0n) is 7.88. The van der Waals surface area contributed by atoms with Crippen LogP contribution in [0.15, 0.2) is 12.2 Å². The third-order valence-electron chi connectivity index (χ3n) is 2.49. The minimum Gasteiger partial charge on any atom is -0.300 e. The summed E-state index contributed by atoms with van der Waals surface area (Å²) in [5, 5.41) is 0. The molecule has 0 amide bonds. The molecule has 0 saturated heterocycles. The van der Waals surface area contributed by atoms with Crippen LogP contribution in [0.4, 0.5) is 0 Å². The summed E-state index contributed by atoms with van der Waals surface area (Å²) < 4.78 is 0. The maximum Gasteiger partial charge on any atom is 0.133 e. The molecule has 1 aliphatic carbocycles. The van der Waals surface area contributed by atoms with Crippen molar-refractivity contribution in [2.75, 3.05) is 0 Å². The van der Waals surface area contributed by atoms with E-state index in [0.29, 0.717) is 18.1 Å². The standard InChI is InChI=1S/C11H18O/c1-2-11(12)9-10-7-5-3-4-6-8-10/h5,7,10H,2-4,6,8-9H2,1H3/t10-/m1/s1. The smallest absolute Gasteiger partial charge is 0.133 e. The summed E-state index contributed by atoms with van der Waals surface area (Å²) in [7, 11) is 0. The highest BCUT2D eigenvalue weighted by Gasteiger charge is 2.10. The van der Waals surface area contributed by atoms with Crippen LogP contribution < -0.4 is 0 Å². The molecule has 1 aliphatic rings. The Morgan fingerprint density at radius 1 is 1.50 bits per heavy atom. The highest BCUT2D eigenvalue weighted by molar-refractivity contribution is 5.78. The fraction of sp³-hybridized carbons (Fsp3) is 0.727. The summed E-state index contributed by atoms with van der Waals surface area (Å²) in [6.07, 6.45) is 10.9. The molecule has 0 aromatic carbocycles. The minimum atomic E-state index is 0.409. The molecule has 0 fully saturated rings. The second-order valence-corrected chi connectivity index (χ2v) is 3.57. The summed E-state index contributed by atoms with van der Waals surface area (Å²) in [4.78, 5) is 11.2. The third kappa shape index (κ3) is 3.21. The molecule has 0 spiro atoms. The van der Waals surface area contributed by atoms with E-state index < -0.39 is 0 Å². The molecule has 1 heteroatoms. The maximum absolute atomic E-state index is 11.2. The van der Waals surface area contributed by atoms with Gasteiger partial charge in [-0.1, -0.05) is 25.5 Å². The Bertz CT molecular complexity index is 170. The Morgan fingerprint density at radius 2 is 2.33 bits per heavy atom. The van der Waals surface area contributed by atoms with Crippen LogP contribution in [0, 0.1) is 5.92 Å². The first-order valence-electron chi connectivity index (χ1n) is 5.01. The highest BCUT2D eigenvalue weighted by atomic mass is 16.1. The van der Waals surface area contributed by atoms with Gasteiger partial charge in [0.25, 0.3) is 0 Å². The molecule has 0 N–H and O–H groups in total. The lowest BCUT2D eigenvalue weighted by atomic mass is 9.97. The Labute approximate surface area is 74.9 Å². The van der Waals surface area contributed by atoms with Crippen LogP contribution in [-0.2, 0) is 4.79 Å². The Balaban J connectivity index is 2.34. The zero-order valence-corrected chi connectivity index (χ0v) is 7.88. The first-order valence-corrected chi connectivity index (χ1v) is 5.01. The number of allylic oxidation sites excluding steroid dienone is 2. The van der Waals surface area contributed by atoms with Crippen LogP contribution in [0.2, 0.25) is 0 Å². The van der Waals surface area contributed by atoms with Gasteiger partial charge in [0.05, 0.1) is 0 Å². The van der Waals surface area contributed by atoms with Crippen LogP contribution in [0.5, 0.6) is 0 Å². The van der Waals surface area contributed by atoms with Crippen molar-refractivity contribution in [2.45, 2.75) is 45.4 Å². The monoisotopic (exact) mass is 166 g/mol. The number of carbonyl (C=O) groups excluding carboxylic acids is 1. The van der Waals surface area contributed by atoms with E-state index in [9.17, 15) is 4.79 Å². The van der Waals surface area contributed by atoms with Gasteiger partial charge in [0.1, 0.15) is 5.78 Å². The summed E-state index contributed by atoms with van der Waals surface area (Å²) in [5.74, 6) is 0.950. The first-order chi connectivity index (χ1) is 5.83. The van der Waals surface area contributed by atoms with Gasteiger partial charge in [0.15, 0.2) is 0 Å². The van der Waals surface area contributed by atoms with E-state index in [4.69, 9.17) is 0 Å². The van der Waals surface area contributed by atoms with Crippen LogP contribution in [0.25, 0.3) is 0 Å². The number of hydrogen-bond acceptors (Lipinski definition) is 1. The van der Waals surface area contributed by atoms with Gasteiger partial charge in [-0.3, -0.25) is 4.79 Å². The van der Waals surface area contributed by atoms with Crippen molar-refractivity contribution in [1.29, 1.82) is 0 Å². The van der Waals surface area contributed by atoms with Gasteiger partial charge in [-0.25, -0.2) is 0 Å². The van der Waals surface area contributed by atoms with Crippen molar-refractivity contribution in [3.05, 3.63) is 12.2 Å². The van der Waals surface area contributed by atoms with E-state index in [2.05, 4.69) is 12.2 Å². The number of Topliss-reactive ketones (excluding diaryl/α,β-unsaturated/α-hetero) is 1. The van der Waals surface area contributed by atoms with Gasteiger partial charge >= 0.3 is 0 Å². The van der Waals surface area contributed by atoms with Gasteiger partial charge in [0.2, 0.25) is 0 Å². The largest absolute Gasteiger partial charge is 0.300 e. The molecule has 1 atom stereocenters. The predicted molar refractivity (Wildman–Crippen MR) is 51.0 cm³/mol. The van der Waals surface area contributed by atoms with E-state index in [-0.39, 0.29) is 0 Å². The predicted octanol–water partition coefficient (Wildman–Crippen LogP) is 3.10. The first kappa shape index (κ1) is 9.50. The lowest BCUT2D eigenvalue weighted by molar-refractivity contribution is -0.119. The molecule has 0 heterocycles. The van der Waals surface area contributed by atoms with E-state index >= 15 is 0 Å². The molecule has 1 nitrogen and oxygen atoms in total. The molecule has 0 aliphatic heterocycles. The maximum atomic E-state index is 11.2. The molecule has 68 valence electrons. The lowest BCUT2D eigenvalue weighted by Gasteiger charge is -2.08. The van der Waals surface area contributed by atoms with Gasteiger partial charge in [-0.15, -0.1) is 0 Å². The van der Waals surface area contributed by atoms with Crippen molar-refractivity contribution in [2.24, 2.45) is 5.92 Å². The average molecular weight is 166 g/mol. The van der Waals surface area contributed by atoms with Crippen LogP contribution in [0.1, 0.15) is 45.4 Å². The quantitative estimate of drug-likeness (QED) is 0.589. The molecule has 1 rings (SSSR count). The summed E-state index contributed by atoms with van der Waals surface area (Å²) >= 11 is 0. The Hall–Kier alpha value is -0.590. The van der Waals surface area contributed by atoms with Crippen molar-refractivity contribution in [3.8, 4) is 0 Å². The number of hydrogen-bond donors (Lipinski definition) is 0. The minimum absolute atomic E-state index is 0.409. The number of rotatable bonds is 3. The van der Waals surface area contributed by atoms with Gasteiger partial charge in [0, 0.05) is 12.8 Å². The SMILES string of the molecule is CCC(=O)C[C@@H]1C=CCCCC1. The van der Waals surface area contributed by atoms with Gasteiger partial charge < -0.3 is 0 Å². The molecule has 0 bridgehead atoms. The van der Waals surface area contributed by atoms with E-state index in [1.165, 1.54) is 25.7 Å². The normalized spacial score (nSPS) is 23.6. The molecular formula is C11H18O. The molecule has 12 heavy (non-hydrogen) atoms. The second kappa shape index (κ2) is 5.13. The van der Waals surface area contributed by atoms with Crippen LogP contribution in [-0.4, -0.2) is 5.78 Å². The van der Waals surface area contributed by atoms with E-state index in [1.807, 2.05) is 6.92 Å². The second-order valence-electron chi connectivity index (χ2n) is 3.57. The Kier molecular flexibility index (Phi) is 4.06. The fourth-order valence-electron chi connectivity index (χ4n) is 1.66. The van der Waals surface area contributed by atoms with Gasteiger partial charge in [-0.2, -0.15) is 0 Å². The average Bonchev–Trinajstić information content (AvgIpc) is 2.33. The summed E-state index contributed by atoms with van der Waals surface area (Å²) in [6.45, 7) is 1.95. The van der Waals surface area contributed by atoms with Crippen molar-refractivity contribution in [3.63, 3.8) is 0 Å². The number of carbonyl (C=O) groups is 1. The molecular weight excluding hydrogens is 148 g/mol.